The molecule has 2 rings (SSSR count). The predicted octanol–water partition coefficient (Wildman–Crippen LogP) is 1.02. The second kappa shape index (κ2) is 7.20. The zero-order chi connectivity index (χ0) is 14.2. The molecule has 0 saturated heterocycles. The Morgan fingerprint density at radius 1 is 1.40 bits per heavy atom. The van der Waals surface area contributed by atoms with Crippen molar-refractivity contribution in [2.75, 3.05) is 0 Å². The number of aromatic amines is 1. The summed E-state index contributed by atoms with van der Waals surface area (Å²) >= 11 is 0. The second-order valence-electron chi connectivity index (χ2n) is 4.22. The first-order chi connectivity index (χ1) is 9.79. The fourth-order valence-corrected chi connectivity index (χ4v) is 1.66. The van der Waals surface area contributed by atoms with Crippen molar-refractivity contribution in [1.29, 1.82) is 0 Å². The molecule has 6 heteroatoms. The minimum Gasteiger partial charge on any atom is -0.349 e. The van der Waals surface area contributed by atoms with Crippen LogP contribution in [0.15, 0.2) is 42.7 Å². The van der Waals surface area contributed by atoms with Gasteiger partial charge < -0.3 is 9.78 Å². The van der Waals surface area contributed by atoms with Crippen LogP contribution in [0.3, 0.4) is 0 Å². The van der Waals surface area contributed by atoms with E-state index >= 15 is 0 Å². The first kappa shape index (κ1) is 14.0. The summed E-state index contributed by atoms with van der Waals surface area (Å²) in [6.07, 6.45) is 4.02. The number of H-pyrrole nitrogens is 1. The molecular formula is C14H15N3O3. The van der Waals surface area contributed by atoms with Gasteiger partial charge in [0.1, 0.15) is 18.0 Å². The van der Waals surface area contributed by atoms with Crippen LogP contribution in [0.25, 0.3) is 0 Å². The number of amides is 1. The molecule has 0 bridgehead atoms. The minimum atomic E-state index is -0.822. The number of hydrogen-bond acceptors (Lipinski definition) is 4. The summed E-state index contributed by atoms with van der Waals surface area (Å²) in [5.74, 6) is -0.718. The highest BCUT2D eigenvalue weighted by Gasteiger charge is 2.19. The minimum absolute atomic E-state index is 0.219. The Hall–Kier alpha value is -2.47. The number of imidazole rings is 1. The lowest BCUT2D eigenvalue weighted by Gasteiger charge is -2.10. The van der Waals surface area contributed by atoms with Crippen LogP contribution in [0.1, 0.15) is 11.4 Å². The molecule has 1 heterocycles. The number of nitrogens with zero attached hydrogens (tertiary/aromatic N) is 1. The molecule has 1 aromatic heterocycles. The topological polar surface area (TPSA) is 84.1 Å². The van der Waals surface area contributed by atoms with Crippen LogP contribution < -0.4 is 5.48 Å². The molecule has 0 aliphatic carbocycles. The van der Waals surface area contributed by atoms with Crippen LogP contribution in [0.4, 0.5) is 0 Å². The van der Waals surface area contributed by atoms with Crippen molar-refractivity contribution < 1.29 is 14.4 Å². The van der Waals surface area contributed by atoms with Crippen LogP contribution in [0.2, 0.25) is 0 Å². The highest BCUT2D eigenvalue weighted by molar-refractivity contribution is 5.91. The van der Waals surface area contributed by atoms with E-state index in [9.17, 15) is 9.59 Å². The van der Waals surface area contributed by atoms with Crippen LogP contribution in [-0.2, 0) is 27.5 Å². The molecule has 0 aliphatic heterocycles. The number of nitrogens with one attached hydrogen (secondary N) is 2. The lowest BCUT2D eigenvalue weighted by molar-refractivity contribution is -0.140. The molecule has 0 aliphatic rings. The van der Waals surface area contributed by atoms with Gasteiger partial charge in [0.15, 0.2) is 0 Å². The highest BCUT2D eigenvalue weighted by Crippen LogP contribution is 2.03. The maximum Gasteiger partial charge on any atom is 0.254 e. The van der Waals surface area contributed by atoms with Crippen LogP contribution in [-0.4, -0.2) is 22.2 Å². The van der Waals surface area contributed by atoms with Gasteiger partial charge in [-0.3, -0.25) is 9.63 Å². The third-order valence-corrected chi connectivity index (χ3v) is 2.72. The van der Waals surface area contributed by atoms with Gasteiger partial charge in [0.2, 0.25) is 0 Å². The number of hydroxylamine groups is 1. The number of aldehydes is 1. The standard InChI is InChI=1S/C14H15N3O3/c18-9-12(8-13-15-6-7-16-13)14(19)17-20-10-11-4-2-1-3-5-11/h1-7,9,12H,8,10H2,(H,15,16)(H,17,19). The number of aromatic nitrogens is 2. The van der Waals surface area contributed by atoms with E-state index in [1.807, 2.05) is 30.3 Å². The van der Waals surface area contributed by atoms with Gasteiger partial charge in [-0.1, -0.05) is 30.3 Å². The molecule has 6 nitrogen and oxygen atoms in total. The average Bonchev–Trinajstić information content (AvgIpc) is 2.98. The van der Waals surface area contributed by atoms with E-state index in [1.54, 1.807) is 12.4 Å². The van der Waals surface area contributed by atoms with Crippen LogP contribution in [0.5, 0.6) is 0 Å². The van der Waals surface area contributed by atoms with Crippen molar-refractivity contribution in [2.24, 2.45) is 5.92 Å². The molecule has 0 spiro atoms. The third-order valence-electron chi connectivity index (χ3n) is 2.72. The summed E-state index contributed by atoms with van der Waals surface area (Å²) in [6, 6.07) is 9.42. The van der Waals surface area contributed by atoms with Crippen LogP contribution in [0, 0.1) is 5.92 Å². The number of carbonyl (C=O) groups is 2. The van der Waals surface area contributed by atoms with Crippen molar-refractivity contribution in [3.05, 3.63) is 54.1 Å². The second-order valence-corrected chi connectivity index (χ2v) is 4.22. The summed E-state index contributed by atoms with van der Waals surface area (Å²) in [5, 5.41) is 0. The Morgan fingerprint density at radius 2 is 2.20 bits per heavy atom. The van der Waals surface area contributed by atoms with E-state index in [0.29, 0.717) is 12.1 Å². The fraction of sp³-hybridized carbons (Fsp3) is 0.214. The third kappa shape index (κ3) is 4.03. The zero-order valence-corrected chi connectivity index (χ0v) is 10.8. The molecule has 1 atom stereocenters. The maximum absolute atomic E-state index is 11.8. The van der Waals surface area contributed by atoms with Gasteiger partial charge in [-0.25, -0.2) is 10.5 Å². The normalized spacial score (nSPS) is 11.8. The summed E-state index contributed by atoms with van der Waals surface area (Å²) in [4.78, 5) is 34.7. The Kier molecular flexibility index (Phi) is 5.02. The number of hydrogen-bond donors (Lipinski definition) is 2. The number of benzene rings is 1. The lowest BCUT2D eigenvalue weighted by Crippen LogP contribution is -2.33. The van der Waals surface area contributed by atoms with Gasteiger partial charge >= 0.3 is 0 Å². The van der Waals surface area contributed by atoms with Crippen molar-refractivity contribution in [1.82, 2.24) is 15.4 Å². The van der Waals surface area contributed by atoms with E-state index in [1.165, 1.54) is 0 Å². The predicted molar refractivity (Wildman–Crippen MR) is 71.2 cm³/mol. The van der Waals surface area contributed by atoms with Crippen LogP contribution >= 0.6 is 0 Å². The lowest BCUT2D eigenvalue weighted by atomic mass is 10.1. The van der Waals surface area contributed by atoms with E-state index in [0.717, 1.165) is 5.56 Å². The summed E-state index contributed by atoms with van der Waals surface area (Å²) in [7, 11) is 0. The molecule has 1 unspecified atom stereocenters. The Labute approximate surface area is 116 Å². The molecule has 104 valence electrons. The van der Waals surface area contributed by atoms with E-state index < -0.39 is 11.8 Å². The number of carbonyl (C=O) groups excluding carboxylic acids is 2. The van der Waals surface area contributed by atoms with Gasteiger partial charge in [0.05, 0.1) is 6.61 Å². The molecule has 1 amide bonds. The molecule has 2 aromatic rings. The fourth-order valence-electron chi connectivity index (χ4n) is 1.66. The van der Waals surface area contributed by atoms with E-state index in [-0.39, 0.29) is 13.0 Å². The molecule has 2 N–H and O–H groups in total. The summed E-state index contributed by atoms with van der Waals surface area (Å²) in [6.45, 7) is 0.249. The van der Waals surface area contributed by atoms with Gasteiger partial charge in [-0.2, -0.15) is 0 Å². The average molecular weight is 273 g/mol. The smallest absolute Gasteiger partial charge is 0.254 e. The molecule has 20 heavy (non-hydrogen) atoms. The molecular weight excluding hydrogens is 258 g/mol. The van der Waals surface area contributed by atoms with Gasteiger partial charge in [0.25, 0.3) is 5.91 Å². The number of rotatable bonds is 7. The van der Waals surface area contributed by atoms with Gasteiger partial charge in [-0.15, -0.1) is 0 Å². The van der Waals surface area contributed by atoms with Crippen molar-refractivity contribution in [3.63, 3.8) is 0 Å². The van der Waals surface area contributed by atoms with Gasteiger partial charge in [-0.05, 0) is 5.56 Å². The first-order valence-corrected chi connectivity index (χ1v) is 6.18. The van der Waals surface area contributed by atoms with Crippen molar-refractivity contribution in [2.45, 2.75) is 13.0 Å². The largest absolute Gasteiger partial charge is 0.349 e. The zero-order valence-electron chi connectivity index (χ0n) is 10.8. The van der Waals surface area contributed by atoms with E-state index in [2.05, 4.69) is 15.4 Å². The quantitative estimate of drug-likeness (QED) is 0.448. The van der Waals surface area contributed by atoms with Crippen molar-refractivity contribution >= 4 is 12.2 Å². The Bertz CT molecular complexity index is 540. The summed E-state index contributed by atoms with van der Waals surface area (Å²) in [5.41, 5.74) is 3.21. The summed E-state index contributed by atoms with van der Waals surface area (Å²) < 4.78 is 0. The Morgan fingerprint density at radius 3 is 2.85 bits per heavy atom. The molecule has 0 saturated carbocycles. The van der Waals surface area contributed by atoms with Crippen molar-refractivity contribution in [3.8, 4) is 0 Å². The van der Waals surface area contributed by atoms with Gasteiger partial charge in [0, 0.05) is 18.8 Å². The maximum atomic E-state index is 11.8. The monoisotopic (exact) mass is 273 g/mol. The SMILES string of the molecule is O=CC(Cc1ncc[nH]1)C(=O)NOCc1ccccc1. The Balaban J connectivity index is 1.79. The highest BCUT2D eigenvalue weighted by atomic mass is 16.6. The molecule has 0 fully saturated rings. The molecule has 1 aromatic carbocycles. The molecule has 0 radical (unpaired) electrons. The first-order valence-electron chi connectivity index (χ1n) is 6.18. The van der Waals surface area contributed by atoms with E-state index in [4.69, 9.17) is 4.84 Å².